The molecule has 0 fully saturated rings. The monoisotopic (exact) mass is 494 g/mol. The lowest BCUT2D eigenvalue weighted by atomic mass is 9.93. The molecule has 0 aliphatic rings. The number of esters is 2. The summed E-state index contributed by atoms with van der Waals surface area (Å²) in [5.41, 5.74) is 6.31. The van der Waals surface area contributed by atoms with Gasteiger partial charge in [-0.1, -0.05) is 48.5 Å². The second kappa shape index (κ2) is 11.7. The van der Waals surface area contributed by atoms with Gasteiger partial charge in [0.1, 0.15) is 17.7 Å². The van der Waals surface area contributed by atoms with Crippen LogP contribution in [-0.2, 0) is 20.7 Å². The molecule has 3 aromatic rings. The molecular formula is C28H28F2N2O4. The fourth-order valence-corrected chi connectivity index (χ4v) is 3.88. The van der Waals surface area contributed by atoms with Crippen molar-refractivity contribution in [1.82, 2.24) is 5.32 Å². The Morgan fingerprint density at radius 1 is 0.944 bits per heavy atom. The predicted molar refractivity (Wildman–Crippen MR) is 132 cm³/mol. The molecule has 0 saturated carbocycles. The molecule has 188 valence electrons. The number of hydrogen-bond acceptors (Lipinski definition) is 5. The summed E-state index contributed by atoms with van der Waals surface area (Å²) in [4.78, 5) is 36.8. The van der Waals surface area contributed by atoms with Crippen LogP contribution >= 0.6 is 0 Å². The molecule has 3 rings (SSSR count). The van der Waals surface area contributed by atoms with Crippen LogP contribution in [0.2, 0.25) is 0 Å². The molecule has 0 aromatic heterocycles. The van der Waals surface area contributed by atoms with Crippen LogP contribution < -0.4 is 11.1 Å². The van der Waals surface area contributed by atoms with E-state index in [1.807, 2.05) is 32.0 Å². The largest absolute Gasteiger partial charge is 0.388 e. The highest BCUT2D eigenvalue weighted by Crippen LogP contribution is 2.23. The number of hydrogen-bond donors (Lipinski definition) is 2. The Morgan fingerprint density at radius 3 is 2.22 bits per heavy atom. The number of amides is 1. The molecule has 36 heavy (non-hydrogen) atoms. The summed E-state index contributed by atoms with van der Waals surface area (Å²) >= 11 is 0. The molecule has 1 amide bonds. The third kappa shape index (κ3) is 7.55. The van der Waals surface area contributed by atoms with Crippen LogP contribution in [-0.4, -0.2) is 29.4 Å². The van der Waals surface area contributed by atoms with Crippen LogP contribution in [0.15, 0.2) is 72.8 Å². The molecule has 1 atom stereocenters. The average Bonchev–Trinajstić information content (AvgIpc) is 2.83. The zero-order chi connectivity index (χ0) is 26.3. The molecule has 0 saturated heterocycles. The Labute approximate surface area is 208 Å². The van der Waals surface area contributed by atoms with E-state index < -0.39 is 35.2 Å². The quantitative estimate of drug-likeness (QED) is 0.318. The van der Waals surface area contributed by atoms with Crippen molar-refractivity contribution in [2.24, 2.45) is 5.73 Å². The Bertz CT molecular complexity index is 1230. The Morgan fingerprint density at radius 2 is 1.61 bits per heavy atom. The Hall–Kier alpha value is -3.91. The van der Waals surface area contributed by atoms with E-state index in [2.05, 4.69) is 5.32 Å². The van der Waals surface area contributed by atoms with Gasteiger partial charge in [-0.2, -0.15) is 0 Å². The lowest BCUT2D eigenvalue weighted by molar-refractivity contribution is -0.141. The van der Waals surface area contributed by atoms with Crippen molar-refractivity contribution < 1.29 is 27.9 Å². The van der Waals surface area contributed by atoms with Gasteiger partial charge >= 0.3 is 11.9 Å². The first kappa shape index (κ1) is 26.7. The number of carbonyl (C=O) groups excluding carboxylic acids is 3. The minimum Gasteiger partial charge on any atom is -0.388 e. The summed E-state index contributed by atoms with van der Waals surface area (Å²) in [6.45, 7) is 3.62. The van der Waals surface area contributed by atoms with E-state index >= 15 is 0 Å². The fraction of sp³-hybridized carbons (Fsp3) is 0.250. The van der Waals surface area contributed by atoms with Gasteiger partial charge in [0.05, 0.1) is 5.56 Å². The molecule has 3 N–H and O–H groups in total. The van der Waals surface area contributed by atoms with Crippen LogP contribution in [0.4, 0.5) is 8.78 Å². The maximum Gasteiger partial charge on any atom is 0.348 e. The predicted octanol–water partition coefficient (Wildman–Crippen LogP) is 4.56. The molecule has 0 radical (unpaired) electrons. The summed E-state index contributed by atoms with van der Waals surface area (Å²) in [7, 11) is 0. The third-order valence-electron chi connectivity index (χ3n) is 5.58. The molecule has 6 nitrogen and oxygen atoms in total. The van der Waals surface area contributed by atoms with Crippen LogP contribution in [0.25, 0.3) is 11.1 Å². The van der Waals surface area contributed by atoms with E-state index in [9.17, 15) is 23.2 Å². The first-order valence-electron chi connectivity index (χ1n) is 11.5. The molecule has 8 heteroatoms. The van der Waals surface area contributed by atoms with Crippen molar-refractivity contribution in [2.45, 2.75) is 44.7 Å². The van der Waals surface area contributed by atoms with Gasteiger partial charge in [-0.25, -0.2) is 18.4 Å². The fourth-order valence-electron chi connectivity index (χ4n) is 3.88. The van der Waals surface area contributed by atoms with E-state index in [1.165, 1.54) is 24.3 Å². The van der Waals surface area contributed by atoms with E-state index in [0.29, 0.717) is 12.0 Å². The molecular weight excluding hydrogens is 466 g/mol. The van der Waals surface area contributed by atoms with Crippen molar-refractivity contribution in [3.05, 3.63) is 95.6 Å². The first-order valence-corrected chi connectivity index (χ1v) is 11.5. The number of nitrogens with one attached hydrogen (secondary N) is 1. The highest BCUT2D eigenvalue weighted by atomic mass is 19.1. The normalized spacial score (nSPS) is 12.1. The molecule has 3 aromatic carbocycles. The molecule has 0 aliphatic heterocycles. The summed E-state index contributed by atoms with van der Waals surface area (Å²) in [6, 6.07) is 17.9. The SMILES string of the molecule is CC(C)(Cc1ccc(F)cc1)N[C@@H](CCC(N)=O)C(=O)OC(=O)c1ccc(-c2ccccc2)cc1F. The van der Waals surface area contributed by atoms with Crippen molar-refractivity contribution >= 4 is 17.8 Å². The van der Waals surface area contributed by atoms with Crippen molar-refractivity contribution in [3.63, 3.8) is 0 Å². The minimum atomic E-state index is -1.14. The molecule has 0 aliphatic carbocycles. The zero-order valence-electron chi connectivity index (χ0n) is 20.1. The summed E-state index contributed by atoms with van der Waals surface area (Å²) in [5, 5.41) is 3.09. The highest BCUT2D eigenvalue weighted by molar-refractivity contribution is 5.98. The Balaban J connectivity index is 1.72. The number of benzene rings is 3. The number of nitrogens with two attached hydrogens (primary N) is 1. The molecule has 0 spiro atoms. The second-order valence-corrected chi connectivity index (χ2v) is 9.16. The number of halogens is 2. The molecule has 0 bridgehead atoms. The number of primary amides is 1. The molecule has 0 heterocycles. The van der Waals surface area contributed by atoms with Crippen LogP contribution in [0, 0.1) is 11.6 Å². The van der Waals surface area contributed by atoms with Crippen molar-refractivity contribution in [1.29, 1.82) is 0 Å². The minimum absolute atomic E-state index is 0.0241. The highest BCUT2D eigenvalue weighted by Gasteiger charge is 2.30. The van der Waals surface area contributed by atoms with Gasteiger partial charge in [0.25, 0.3) is 0 Å². The first-order chi connectivity index (χ1) is 17.0. The number of rotatable bonds is 10. The van der Waals surface area contributed by atoms with Crippen molar-refractivity contribution in [2.75, 3.05) is 0 Å². The van der Waals surface area contributed by atoms with Gasteiger partial charge in [0.2, 0.25) is 5.91 Å². The van der Waals surface area contributed by atoms with E-state index in [-0.39, 0.29) is 24.2 Å². The number of ether oxygens (including phenoxy) is 1. The number of carbonyl (C=O) groups is 3. The van der Waals surface area contributed by atoms with Gasteiger partial charge in [-0.3, -0.25) is 10.1 Å². The van der Waals surface area contributed by atoms with Gasteiger partial charge in [0.15, 0.2) is 0 Å². The van der Waals surface area contributed by atoms with Crippen LogP contribution in [0.5, 0.6) is 0 Å². The second-order valence-electron chi connectivity index (χ2n) is 9.16. The van der Waals surface area contributed by atoms with E-state index in [4.69, 9.17) is 10.5 Å². The lowest BCUT2D eigenvalue weighted by Gasteiger charge is -2.31. The smallest absolute Gasteiger partial charge is 0.348 e. The zero-order valence-corrected chi connectivity index (χ0v) is 20.1. The van der Waals surface area contributed by atoms with Crippen LogP contribution in [0.3, 0.4) is 0 Å². The van der Waals surface area contributed by atoms with Gasteiger partial charge in [0, 0.05) is 12.0 Å². The maximum absolute atomic E-state index is 14.7. The lowest BCUT2D eigenvalue weighted by Crippen LogP contribution is -2.51. The molecule has 0 unspecified atom stereocenters. The summed E-state index contributed by atoms with van der Waals surface area (Å²) in [5.74, 6) is -3.92. The maximum atomic E-state index is 14.7. The van der Waals surface area contributed by atoms with Gasteiger partial charge in [-0.05, 0) is 67.6 Å². The van der Waals surface area contributed by atoms with Gasteiger partial charge < -0.3 is 10.5 Å². The van der Waals surface area contributed by atoms with Gasteiger partial charge in [-0.15, -0.1) is 0 Å². The van der Waals surface area contributed by atoms with E-state index in [1.54, 1.807) is 30.3 Å². The van der Waals surface area contributed by atoms with Crippen LogP contribution in [0.1, 0.15) is 42.6 Å². The average molecular weight is 495 g/mol. The summed E-state index contributed by atoms with van der Waals surface area (Å²) in [6.07, 6.45) is 0.259. The standard InChI is InChI=1S/C28H28F2N2O4/c1-28(2,17-18-8-11-21(29)12-9-18)32-24(14-15-25(31)33)27(35)36-26(34)22-13-10-20(16-23(22)30)19-6-4-3-5-7-19/h3-13,16,24,32H,14-15,17H2,1-2H3,(H2,31,33)/t24-/m0/s1. The Kier molecular flexibility index (Phi) is 8.66. The third-order valence-corrected chi connectivity index (χ3v) is 5.58. The van der Waals surface area contributed by atoms with E-state index in [0.717, 1.165) is 11.1 Å². The topological polar surface area (TPSA) is 98.5 Å². The summed E-state index contributed by atoms with van der Waals surface area (Å²) < 4.78 is 32.9. The van der Waals surface area contributed by atoms with Crippen molar-refractivity contribution in [3.8, 4) is 11.1 Å².